The molecule has 0 aliphatic rings. The largest absolute Gasteiger partial charge is 0.217 e. The van der Waals surface area contributed by atoms with Crippen LogP contribution in [0.1, 0.15) is 12.5 Å². The van der Waals surface area contributed by atoms with E-state index >= 15 is 0 Å². The fraction of sp³-hybridized carbons (Fsp3) is 0.333. The second-order valence-electron chi connectivity index (χ2n) is 4.10. The Kier molecular flexibility index (Phi) is 4.91. The van der Waals surface area contributed by atoms with Crippen LogP contribution in [0.4, 0.5) is 0 Å². The van der Waals surface area contributed by atoms with Gasteiger partial charge in [-0.25, -0.2) is 12.7 Å². The van der Waals surface area contributed by atoms with Gasteiger partial charge in [-0.05, 0) is 24.6 Å². The zero-order valence-electron chi connectivity index (χ0n) is 9.98. The van der Waals surface area contributed by atoms with Crippen molar-refractivity contribution in [1.82, 2.24) is 4.31 Å². The van der Waals surface area contributed by atoms with E-state index in [2.05, 4.69) is 22.5 Å². The van der Waals surface area contributed by atoms with Gasteiger partial charge in [0.2, 0.25) is 10.0 Å². The van der Waals surface area contributed by atoms with Crippen molar-refractivity contribution in [2.24, 2.45) is 0 Å². The first-order valence-electron chi connectivity index (χ1n) is 5.14. The third-order valence-electron chi connectivity index (χ3n) is 2.22. The van der Waals surface area contributed by atoms with E-state index in [-0.39, 0.29) is 5.75 Å². The zero-order valence-corrected chi connectivity index (χ0v) is 12.4. The summed E-state index contributed by atoms with van der Waals surface area (Å²) in [5.74, 6) is 0.0000278. The van der Waals surface area contributed by atoms with E-state index < -0.39 is 10.0 Å². The molecule has 0 unspecified atom stereocenters. The molecule has 0 saturated heterocycles. The van der Waals surface area contributed by atoms with Crippen LogP contribution in [-0.4, -0.2) is 25.5 Å². The molecule has 0 amide bonds. The minimum atomic E-state index is -3.25. The van der Waals surface area contributed by atoms with Crippen LogP contribution in [0.3, 0.4) is 0 Å². The van der Waals surface area contributed by atoms with Crippen molar-refractivity contribution in [3.05, 3.63) is 46.5 Å². The average molecular weight is 318 g/mol. The van der Waals surface area contributed by atoms with Crippen molar-refractivity contribution < 1.29 is 8.42 Å². The van der Waals surface area contributed by atoms with E-state index in [9.17, 15) is 8.42 Å². The third-order valence-corrected chi connectivity index (χ3v) is 4.69. The van der Waals surface area contributed by atoms with Crippen molar-refractivity contribution in [3.63, 3.8) is 0 Å². The summed E-state index contributed by atoms with van der Waals surface area (Å²) < 4.78 is 26.1. The molecule has 1 rings (SSSR count). The first-order valence-corrected chi connectivity index (χ1v) is 7.54. The van der Waals surface area contributed by atoms with Gasteiger partial charge in [-0.15, -0.1) is 0 Å². The van der Waals surface area contributed by atoms with Crippen LogP contribution >= 0.6 is 15.9 Å². The maximum absolute atomic E-state index is 11.9. The predicted molar refractivity (Wildman–Crippen MR) is 74.2 cm³/mol. The summed E-state index contributed by atoms with van der Waals surface area (Å²) in [6, 6.07) is 7.59. The Hall–Kier alpha value is -0.650. The predicted octanol–water partition coefficient (Wildman–Crippen LogP) is 2.79. The molecule has 0 aromatic heterocycles. The lowest BCUT2D eigenvalue weighted by Crippen LogP contribution is -2.29. The van der Waals surface area contributed by atoms with Gasteiger partial charge in [0.05, 0.1) is 5.75 Å². The number of benzene rings is 1. The van der Waals surface area contributed by atoms with Crippen LogP contribution in [0.2, 0.25) is 0 Å². The molecule has 0 N–H and O–H groups in total. The topological polar surface area (TPSA) is 37.4 Å². The normalized spacial score (nSPS) is 11.8. The van der Waals surface area contributed by atoms with Gasteiger partial charge in [0.1, 0.15) is 0 Å². The van der Waals surface area contributed by atoms with E-state index in [1.54, 1.807) is 14.0 Å². The highest BCUT2D eigenvalue weighted by Crippen LogP contribution is 2.13. The van der Waals surface area contributed by atoms with Gasteiger partial charge in [-0.2, -0.15) is 0 Å². The van der Waals surface area contributed by atoms with Crippen LogP contribution in [0.15, 0.2) is 40.9 Å². The van der Waals surface area contributed by atoms with Crippen molar-refractivity contribution in [3.8, 4) is 0 Å². The lowest BCUT2D eigenvalue weighted by molar-refractivity contribution is 0.468. The third kappa shape index (κ3) is 4.61. The number of rotatable bonds is 5. The van der Waals surface area contributed by atoms with Gasteiger partial charge >= 0.3 is 0 Å². The molecule has 0 radical (unpaired) electrons. The highest BCUT2D eigenvalue weighted by atomic mass is 79.9. The smallest absolute Gasteiger partial charge is 0.212 e. The van der Waals surface area contributed by atoms with Crippen LogP contribution in [0, 0.1) is 0 Å². The number of hydrogen-bond acceptors (Lipinski definition) is 2. The molecule has 0 aliphatic heterocycles. The molecule has 0 spiro atoms. The van der Waals surface area contributed by atoms with Gasteiger partial charge in [0.15, 0.2) is 0 Å². The van der Waals surface area contributed by atoms with Gasteiger partial charge in [-0.1, -0.05) is 40.2 Å². The van der Waals surface area contributed by atoms with E-state index in [1.807, 2.05) is 24.3 Å². The van der Waals surface area contributed by atoms with Crippen molar-refractivity contribution in [2.75, 3.05) is 12.8 Å². The molecule has 0 aliphatic carbocycles. The summed E-state index contributed by atoms with van der Waals surface area (Å²) in [6.07, 6.45) is 0. The van der Waals surface area contributed by atoms with E-state index in [0.29, 0.717) is 12.1 Å². The fourth-order valence-corrected chi connectivity index (χ4v) is 2.82. The van der Waals surface area contributed by atoms with Gasteiger partial charge < -0.3 is 0 Å². The lowest BCUT2D eigenvalue weighted by atomic mass is 10.2. The highest BCUT2D eigenvalue weighted by Gasteiger charge is 2.17. The summed E-state index contributed by atoms with van der Waals surface area (Å²) in [6.45, 7) is 5.72. The Labute approximate surface area is 111 Å². The van der Waals surface area contributed by atoms with Crippen molar-refractivity contribution in [1.29, 1.82) is 0 Å². The minimum absolute atomic E-state index is 0.0000278. The maximum atomic E-state index is 11.9. The van der Waals surface area contributed by atoms with E-state index in [4.69, 9.17) is 0 Å². The summed E-state index contributed by atoms with van der Waals surface area (Å²) in [5, 5.41) is 0. The molecule has 94 valence electrons. The van der Waals surface area contributed by atoms with Crippen LogP contribution in [0.5, 0.6) is 0 Å². The molecule has 3 nitrogen and oxygen atoms in total. The van der Waals surface area contributed by atoms with Gasteiger partial charge in [-0.3, -0.25) is 0 Å². The fourth-order valence-electron chi connectivity index (χ4n) is 1.37. The molecule has 17 heavy (non-hydrogen) atoms. The summed E-state index contributed by atoms with van der Waals surface area (Å²) in [7, 11) is -1.66. The van der Waals surface area contributed by atoms with Crippen LogP contribution in [0.25, 0.3) is 0 Å². The SMILES string of the molecule is C=C(C)CS(=O)(=O)N(C)Cc1ccc(Br)cc1. The molecule has 0 saturated carbocycles. The molecule has 1 aromatic carbocycles. The second kappa shape index (κ2) is 5.80. The first-order chi connectivity index (χ1) is 7.81. The summed E-state index contributed by atoms with van der Waals surface area (Å²) in [5.41, 5.74) is 1.61. The minimum Gasteiger partial charge on any atom is -0.212 e. The standard InChI is InChI=1S/C12H16BrNO2S/c1-10(2)9-17(15,16)14(3)8-11-4-6-12(13)7-5-11/h4-7H,1,8-9H2,2-3H3. The van der Waals surface area contributed by atoms with Gasteiger partial charge in [0.25, 0.3) is 0 Å². The quantitative estimate of drug-likeness (QED) is 0.783. The number of hydrogen-bond donors (Lipinski definition) is 0. The maximum Gasteiger partial charge on any atom is 0.217 e. The lowest BCUT2D eigenvalue weighted by Gasteiger charge is -2.17. The average Bonchev–Trinajstić information content (AvgIpc) is 2.19. The van der Waals surface area contributed by atoms with Crippen molar-refractivity contribution in [2.45, 2.75) is 13.5 Å². The molecule has 5 heteroatoms. The van der Waals surface area contributed by atoms with Gasteiger partial charge in [0, 0.05) is 18.1 Å². The zero-order chi connectivity index (χ0) is 13.1. The molecule has 1 aromatic rings. The number of sulfonamides is 1. The Balaban J connectivity index is 2.75. The highest BCUT2D eigenvalue weighted by molar-refractivity contribution is 9.10. The Bertz CT molecular complexity index is 494. The molecular weight excluding hydrogens is 302 g/mol. The first kappa shape index (κ1) is 14.4. The molecule has 0 fully saturated rings. The van der Waals surface area contributed by atoms with Crippen molar-refractivity contribution >= 4 is 26.0 Å². The summed E-state index contributed by atoms with van der Waals surface area (Å²) >= 11 is 3.34. The van der Waals surface area contributed by atoms with E-state index in [1.165, 1.54) is 4.31 Å². The molecule has 0 bridgehead atoms. The van der Waals surface area contributed by atoms with Crippen LogP contribution in [-0.2, 0) is 16.6 Å². The monoisotopic (exact) mass is 317 g/mol. The van der Waals surface area contributed by atoms with E-state index in [0.717, 1.165) is 10.0 Å². The Morgan fingerprint density at radius 3 is 2.35 bits per heavy atom. The molecule has 0 heterocycles. The number of nitrogens with zero attached hydrogens (tertiary/aromatic N) is 1. The molecular formula is C12H16BrNO2S. The Morgan fingerprint density at radius 2 is 1.88 bits per heavy atom. The Morgan fingerprint density at radius 1 is 1.35 bits per heavy atom. The second-order valence-corrected chi connectivity index (χ2v) is 7.09. The summed E-state index contributed by atoms with van der Waals surface area (Å²) in [4.78, 5) is 0. The molecule has 0 atom stereocenters. The number of halogens is 1. The van der Waals surface area contributed by atoms with Crippen LogP contribution < -0.4 is 0 Å².